The van der Waals surface area contributed by atoms with Crippen LogP contribution in [0.15, 0.2) is 34.9 Å². The highest BCUT2D eigenvalue weighted by Crippen LogP contribution is 2.25. The van der Waals surface area contributed by atoms with Crippen LogP contribution >= 0.6 is 15.9 Å². The van der Waals surface area contributed by atoms with Crippen molar-refractivity contribution in [1.29, 1.82) is 0 Å². The molecule has 0 radical (unpaired) electrons. The van der Waals surface area contributed by atoms with Crippen molar-refractivity contribution in [3.63, 3.8) is 0 Å². The van der Waals surface area contributed by atoms with E-state index in [1.807, 2.05) is 25.2 Å². The minimum atomic E-state index is 0.598. The SMILES string of the molecule is CNc1ncc(Br)c(N(C)Cc2cccc(OC)c2)n1. The molecular formula is C14H17BrN4O. The van der Waals surface area contributed by atoms with E-state index < -0.39 is 0 Å². The van der Waals surface area contributed by atoms with Gasteiger partial charge in [-0.1, -0.05) is 12.1 Å². The van der Waals surface area contributed by atoms with Gasteiger partial charge >= 0.3 is 0 Å². The fourth-order valence-corrected chi connectivity index (χ4v) is 2.36. The van der Waals surface area contributed by atoms with E-state index in [4.69, 9.17) is 4.74 Å². The van der Waals surface area contributed by atoms with Gasteiger partial charge in [0.1, 0.15) is 11.6 Å². The Hall–Kier alpha value is -1.82. The lowest BCUT2D eigenvalue weighted by Gasteiger charge is -2.20. The van der Waals surface area contributed by atoms with E-state index in [0.29, 0.717) is 5.95 Å². The van der Waals surface area contributed by atoms with Gasteiger partial charge in [-0.05, 0) is 33.6 Å². The van der Waals surface area contributed by atoms with Crippen LogP contribution in [0.25, 0.3) is 0 Å². The van der Waals surface area contributed by atoms with Gasteiger partial charge in [-0.25, -0.2) is 4.98 Å². The van der Waals surface area contributed by atoms with Crippen LogP contribution in [0.5, 0.6) is 5.75 Å². The quantitative estimate of drug-likeness (QED) is 0.909. The second kappa shape index (κ2) is 6.56. The first-order chi connectivity index (χ1) is 9.63. The highest BCUT2D eigenvalue weighted by Gasteiger charge is 2.10. The van der Waals surface area contributed by atoms with Crippen LogP contribution in [-0.4, -0.2) is 31.2 Å². The van der Waals surface area contributed by atoms with Gasteiger partial charge in [0.15, 0.2) is 0 Å². The molecule has 0 unspecified atom stereocenters. The molecule has 5 nitrogen and oxygen atoms in total. The molecule has 2 aromatic rings. The van der Waals surface area contributed by atoms with Gasteiger partial charge in [0.2, 0.25) is 5.95 Å². The topological polar surface area (TPSA) is 50.3 Å². The number of ether oxygens (including phenoxy) is 1. The summed E-state index contributed by atoms with van der Waals surface area (Å²) < 4.78 is 6.10. The number of hydrogen-bond acceptors (Lipinski definition) is 5. The van der Waals surface area contributed by atoms with Crippen molar-refractivity contribution in [1.82, 2.24) is 9.97 Å². The Balaban J connectivity index is 2.20. The van der Waals surface area contributed by atoms with Gasteiger partial charge in [0.25, 0.3) is 0 Å². The average Bonchev–Trinajstić information content (AvgIpc) is 2.47. The third-order valence-electron chi connectivity index (χ3n) is 2.86. The van der Waals surface area contributed by atoms with Crippen LogP contribution in [0.2, 0.25) is 0 Å². The lowest BCUT2D eigenvalue weighted by Crippen LogP contribution is -2.19. The average molecular weight is 337 g/mol. The lowest BCUT2D eigenvalue weighted by atomic mass is 10.2. The van der Waals surface area contributed by atoms with Gasteiger partial charge < -0.3 is 15.0 Å². The molecule has 0 fully saturated rings. The van der Waals surface area contributed by atoms with E-state index in [9.17, 15) is 0 Å². The molecule has 1 N–H and O–H groups in total. The molecule has 0 amide bonds. The van der Waals surface area contributed by atoms with Crippen molar-refractivity contribution >= 4 is 27.7 Å². The van der Waals surface area contributed by atoms with Crippen LogP contribution < -0.4 is 15.0 Å². The number of hydrogen-bond donors (Lipinski definition) is 1. The lowest BCUT2D eigenvalue weighted by molar-refractivity contribution is 0.414. The predicted molar refractivity (Wildman–Crippen MR) is 84.4 cm³/mol. The maximum absolute atomic E-state index is 5.24. The summed E-state index contributed by atoms with van der Waals surface area (Å²) in [5.41, 5.74) is 1.16. The Morgan fingerprint density at radius 3 is 2.90 bits per heavy atom. The van der Waals surface area contributed by atoms with Crippen molar-refractivity contribution in [3.05, 3.63) is 40.5 Å². The van der Waals surface area contributed by atoms with Crippen molar-refractivity contribution in [3.8, 4) is 5.75 Å². The number of methoxy groups -OCH3 is 1. The zero-order valence-electron chi connectivity index (χ0n) is 11.7. The first-order valence-electron chi connectivity index (χ1n) is 6.18. The van der Waals surface area contributed by atoms with Gasteiger partial charge in [0.05, 0.1) is 11.6 Å². The molecule has 0 aliphatic heterocycles. The predicted octanol–water partition coefficient (Wildman–Crippen LogP) is 2.93. The molecule has 0 aliphatic carbocycles. The summed E-state index contributed by atoms with van der Waals surface area (Å²) in [6.07, 6.45) is 1.75. The number of anilines is 2. The molecule has 0 saturated carbocycles. The molecule has 2 rings (SSSR count). The maximum Gasteiger partial charge on any atom is 0.224 e. The number of nitrogens with zero attached hydrogens (tertiary/aromatic N) is 3. The van der Waals surface area contributed by atoms with Gasteiger partial charge in [-0.2, -0.15) is 4.98 Å². The zero-order chi connectivity index (χ0) is 14.5. The zero-order valence-corrected chi connectivity index (χ0v) is 13.3. The van der Waals surface area contributed by atoms with E-state index in [1.165, 1.54) is 0 Å². The summed E-state index contributed by atoms with van der Waals surface area (Å²) in [7, 11) is 5.46. The number of aromatic nitrogens is 2. The smallest absolute Gasteiger partial charge is 0.224 e. The van der Waals surface area contributed by atoms with Crippen molar-refractivity contribution in [2.75, 3.05) is 31.4 Å². The Morgan fingerprint density at radius 1 is 1.40 bits per heavy atom. The largest absolute Gasteiger partial charge is 0.497 e. The summed E-state index contributed by atoms with van der Waals surface area (Å²) >= 11 is 3.48. The van der Waals surface area contributed by atoms with E-state index in [1.54, 1.807) is 20.4 Å². The van der Waals surface area contributed by atoms with E-state index >= 15 is 0 Å². The summed E-state index contributed by atoms with van der Waals surface area (Å²) in [4.78, 5) is 10.7. The van der Waals surface area contributed by atoms with E-state index in [-0.39, 0.29) is 0 Å². The van der Waals surface area contributed by atoms with E-state index in [2.05, 4.69) is 42.2 Å². The third-order valence-corrected chi connectivity index (χ3v) is 3.42. The Kier molecular flexibility index (Phi) is 4.79. The Morgan fingerprint density at radius 2 is 2.20 bits per heavy atom. The monoisotopic (exact) mass is 336 g/mol. The highest BCUT2D eigenvalue weighted by atomic mass is 79.9. The number of nitrogens with one attached hydrogen (secondary N) is 1. The molecule has 0 bridgehead atoms. The number of benzene rings is 1. The number of rotatable bonds is 5. The van der Waals surface area contributed by atoms with Crippen LogP contribution in [-0.2, 0) is 6.54 Å². The third kappa shape index (κ3) is 3.39. The van der Waals surface area contributed by atoms with Crippen molar-refractivity contribution in [2.24, 2.45) is 0 Å². The van der Waals surface area contributed by atoms with Crippen LogP contribution in [0.1, 0.15) is 5.56 Å². The first-order valence-corrected chi connectivity index (χ1v) is 6.97. The van der Waals surface area contributed by atoms with Crippen LogP contribution in [0.3, 0.4) is 0 Å². The molecule has 1 aromatic heterocycles. The summed E-state index contributed by atoms with van der Waals surface area (Å²) in [5.74, 6) is 2.29. The second-order valence-corrected chi connectivity index (χ2v) is 5.18. The van der Waals surface area contributed by atoms with Crippen molar-refractivity contribution < 1.29 is 4.74 Å². The summed E-state index contributed by atoms with van der Waals surface area (Å²) in [6, 6.07) is 8.00. The van der Waals surface area contributed by atoms with Crippen LogP contribution in [0.4, 0.5) is 11.8 Å². The van der Waals surface area contributed by atoms with Gasteiger partial charge in [-0.15, -0.1) is 0 Å². The summed E-state index contributed by atoms with van der Waals surface area (Å²) in [6.45, 7) is 0.732. The minimum Gasteiger partial charge on any atom is -0.497 e. The van der Waals surface area contributed by atoms with Gasteiger partial charge in [-0.3, -0.25) is 0 Å². The standard InChI is InChI=1S/C14H17BrN4O/c1-16-14-17-8-12(15)13(18-14)19(2)9-10-5-4-6-11(7-10)20-3/h4-8H,9H2,1-3H3,(H,16,17,18). The molecule has 0 spiro atoms. The summed E-state index contributed by atoms with van der Waals surface area (Å²) in [5, 5.41) is 2.94. The molecule has 1 aromatic carbocycles. The molecule has 106 valence electrons. The Bertz CT molecular complexity index is 591. The molecule has 0 saturated heterocycles. The molecule has 0 aliphatic rings. The number of halogens is 1. The Labute approximate surface area is 127 Å². The molecule has 6 heteroatoms. The molecule has 0 atom stereocenters. The maximum atomic E-state index is 5.24. The second-order valence-electron chi connectivity index (χ2n) is 4.32. The van der Waals surface area contributed by atoms with E-state index in [0.717, 1.165) is 28.1 Å². The minimum absolute atomic E-state index is 0.598. The van der Waals surface area contributed by atoms with Crippen molar-refractivity contribution in [2.45, 2.75) is 6.54 Å². The molecule has 1 heterocycles. The first kappa shape index (κ1) is 14.6. The highest BCUT2D eigenvalue weighted by molar-refractivity contribution is 9.10. The molecular weight excluding hydrogens is 320 g/mol. The fourth-order valence-electron chi connectivity index (χ4n) is 1.87. The van der Waals surface area contributed by atoms with Crippen LogP contribution in [0, 0.1) is 0 Å². The fraction of sp³-hybridized carbons (Fsp3) is 0.286. The normalized spacial score (nSPS) is 10.2. The van der Waals surface area contributed by atoms with Gasteiger partial charge in [0, 0.05) is 26.8 Å². The molecule has 20 heavy (non-hydrogen) atoms.